The van der Waals surface area contributed by atoms with Crippen LogP contribution in [0.4, 0.5) is 5.69 Å². The average molecular weight is 359 g/mol. The van der Waals surface area contributed by atoms with Crippen molar-refractivity contribution in [3.05, 3.63) is 72.6 Å². The molecule has 0 aliphatic carbocycles. The number of pyridine rings is 1. The van der Waals surface area contributed by atoms with Crippen LogP contribution in [-0.2, 0) is 11.2 Å². The van der Waals surface area contributed by atoms with Crippen molar-refractivity contribution in [1.82, 2.24) is 10.3 Å². The summed E-state index contributed by atoms with van der Waals surface area (Å²) < 4.78 is 0. The number of nitrogens with one attached hydrogen (secondary N) is 1. The van der Waals surface area contributed by atoms with Gasteiger partial charge in [-0.05, 0) is 54.7 Å². The van der Waals surface area contributed by atoms with E-state index in [1.54, 1.807) is 12.4 Å². The third-order valence-electron chi connectivity index (χ3n) is 5.66. The molecule has 2 heterocycles. The van der Waals surface area contributed by atoms with Crippen molar-refractivity contribution in [3.8, 4) is 0 Å². The maximum atomic E-state index is 13.0. The van der Waals surface area contributed by atoms with E-state index in [0.29, 0.717) is 6.54 Å². The van der Waals surface area contributed by atoms with Gasteiger partial charge in [0.2, 0.25) is 5.91 Å². The fourth-order valence-electron chi connectivity index (χ4n) is 4.15. The molecular formula is C23H25N3O. The molecule has 0 spiro atoms. The van der Waals surface area contributed by atoms with Crippen LogP contribution in [0.2, 0.25) is 0 Å². The van der Waals surface area contributed by atoms with Crippen LogP contribution in [0.5, 0.6) is 0 Å². The average Bonchev–Trinajstić information content (AvgIpc) is 3.12. The minimum atomic E-state index is -0.500. The van der Waals surface area contributed by atoms with Crippen LogP contribution < -0.4 is 10.2 Å². The third kappa shape index (κ3) is 3.39. The Balaban J connectivity index is 1.44. The van der Waals surface area contributed by atoms with E-state index >= 15 is 0 Å². The van der Waals surface area contributed by atoms with Gasteiger partial charge in [0.05, 0.1) is 0 Å². The number of carbonyl (C=O) groups excluding carboxylic acids is 1. The number of carbonyl (C=O) groups is 1. The van der Waals surface area contributed by atoms with Gasteiger partial charge in [0.15, 0.2) is 0 Å². The van der Waals surface area contributed by atoms with E-state index in [4.69, 9.17) is 0 Å². The van der Waals surface area contributed by atoms with Gasteiger partial charge in [-0.1, -0.05) is 42.5 Å². The second-order valence-corrected chi connectivity index (χ2v) is 7.38. The Hall–Kier alpha value is -2.88. The maximum Gasteiger partial charge on any atom is 0.245 e. The molecular weight excluding hydrogens is 334 g/mol. The zero-order chi connectivity index (χ0) is 18.7. The maximum absolute atomic E-state index is 13.0. The molecule has 1 amide bonds. The number of rotatable bonds is 5. The molecule has 1 atom stereocenters. The molecule has 4 rings (SSSR count). The fourth-order valence-corrected chi connectivity index (χ4v) is 4.15. The van der Waals surface area contributed by atoms with E-state index in [1.165, 1.54) is 16.3 Å². The highest BCUT2D eigenvalue weighted by Gasteiger charge is 2.43. The van der Waals surface area contributed by atoms with Crippen LogP contribution >= 0.6 is 0 Å². The fraction of sp³-hybridized carbons (Fsp3) is 0.304. The first-order valence-electron chi connectivity index (χ1n) is 9.61. The Bertz CT molecular complexity index is 935. The molecule has 0 saturated carbocycles. The van der Waals surface area contributed by atoms with Crippen LogP contribution in [-0.4, -0.2) is 29.5 Å². The molecule has 0 bridgehead atoms. The van der Waals surface area contributed by atoms with Crippen molar-refractivity contribution in [1.29, 1.82) is 0 Å². The topological polar surface area (TPSA) is 45.2 Å². The monoisotopic (exact) mass is 359 g/mol. The highest BCUT2D eigenvalue weighted by atomic mass is 16.2. The summed E-state index contributed by atoms with van der Waals surface area (Å²) in [4.78, 5) is 19.3. The molecule has 0 radical (unpaired) electrons. The predicted octanol–water partition coefficient (Wildman–Crippen LogP) is 3.95. The number of fused-ring (bicyclic) bond motifs is 1. The molecule has 1 N–H and O–H groups in total. The van der Waals surface area contributed by atoms with E-state index in [2.05, 4.69) is 57.7 Å². The number of hydrogen-bond acceptors (Lipinski definition) is 3. The lowest BCUT2D eigenvalue weighted by atomic mass is 9.96. The number of benzene rings is 2. The van der Waals surface area contributed by atoms with Gasteiger partial charge in [-0.3, -0.25) is 9.78 Å². The smallest absolute Gasteiger partial charge is 0.245 e. The Morgan fingerprint density at radius 3 is 2.74 bits per heavy atom. The first kappa shape index (κ1) is 17.5. The van der Waals surface area contributed by atoms with Crippen LogP contribution in [0.1, 0.15) is 25.3 Å². The summed E-state index contributed by atoms with van der Waals surface area (Å²) in [7, 11) is 0. The number of hydrogen-bond donors (Lipinski definition) is 1. The molecule has 3 aromatic rings. The molecule has 1 saturated heterocycles. The number of anilines is 1. The highest BCUT2D eigenvalue weighted by Crippen LogP contribution is 2.33. The van der Waals surface area contributed by atoms with Gasteiger partial charge in [0.1, 0.15) is 5.54 Å². The first-order valence-corrected chi connectivity index (χ1v) is 9.61. The second-order valence-electron chi connectivity index (χ2n) is 7.38. The van der Waals surface area contributed by atoms with Crippen LogP contribution in [0.3, 0.4) is 0 Å². The van der Waals surface area contributed by atoms with E-state index in [0.717, 1.165) is 31.5 Å². The van der Waals surface area contributed by atoms with E-state index in [-0.39, 0.29) is 5.91 Å². The van der Waals surface area contributed by atoms with Crippen LogP contribution in [0.25, 0.3) is 10.8 Å². The zero-order valence-corrected chi connectivity index (χ0v) is 15.7. The van der Waals surface area contributed by atoms with Gasteiger partial charge in [0.25, 0.3) is 0 Å². The SMILES string of the molecule is C[C@@]1(C(=O)NCCc2cccc3ccccc23)CCCN1c1ccncc1. The van der Waals surface area contributed by atoms with E-state index in [9.17, 15) is 4.79 Å². The molecule has 1 fully saturated rings. The molecule has 0 unspecified atom stereocenters. The quantitative estimate of drug-likeness (QED) is 0.750. The summed E-state index contributed by atoms with van der Waals surface area (Å²) in [5.41, 5.74) is 1.84. The summed E-state index contributed by atoms with van der Waals surface area (Å²) >= 11 is 0. The number of aromatic nitrogens is 1. The van der Waals surface area contributed by atoms with Crippen molar-refractivity contribution in [2.75, 3.05) is 18.0 Å². The van der Waals surface area contributed by atoms with Crippen LogP contribution in [0, 0.1) is 0 Å². The van der Waals surface area contributed by atoms with Crippen LogP contribution in [0.15, 0.2) is 67.0 Å². The number of amides is 1. The molecule has 4 nitrogen and oxygen atoms in total. The number of nitrogens with zero attached hydrogens (tertiary/aromatic N) is 2. The Labute approximate surface area is 160 Å². The van der Waals surface area contributed by atoms with Gasteiger partial charge >= 0.3 is 0 Å². The van der Waals surface area contributed by atoms with Gasteiger partial charge < -0.3 is 10.2 Å². The van der Waals surface area contributed by atoms with Crippen molar-refractivity contribution in [2.24, 2.45) is 0 Å². The third-order valence-corrected chi connectivity index (χ3v) is 5.66. The molecule has 27 heavy (non-hydrogen) atoms. The summed E-state index contributed by atoms with van der Waals surface area (Å²) in [6, 6.07) is 18.7. The predicted molar refractivity (Wildman–Crippen MR) is 110 cm³/mol. The highest BCUT2D eigenvalue weighted by molar-refractivity contribution is 5.90. The molecule has 2 aromatic carbocycles. The summed E-state index contributed by atoms with van der Waals surface area (Å²) in [5.74, 6) is 0.108. The lowest BCUT2D eigenvalue weighted by Crippen LogP contribution is -2.54. The zero-order valence-electron chi connectivity index (χ0n) is 15.7. The Morgan fingerprint density at radius 2 is 1.89 bits per heavy atom. The van der Waals surface area contributed by atoms with Crippen molar-refractivity contribution in [2.45, 2.75) is 31.7 Å². The molecule has 138 valence electrons. The minimum absolute atomic E-state index is 0.108. The van der Waals surface area contributed by atoms with Gasteiger partial charge in [0, 0.05) is 31.2 Å². The summed E-state index contributed by atoms with van der Waals surface area (Å²) in [6.07, 6.45) is 6.29. The Kier molecular flexibility index (Phi) is 4.80. The first-order chi connectivity index (χ1) is 13.2. The van der Waals surface area contributed by atoms with Gasteiger partial charge in [-0.2, -0.15) is 0 Å². The largest absolute Gasteiger partial charge is 0.357 e. The van der Waals surface area contributed by atoms with Crippen molar-refractivity contribution >= 4 is 22.4 Å². The lowest BCUT2D eigenvalue weighted by molar-refractivity contribution is -0.125. The molecule has 4 heteroatoms. The second kappa shape index (κ2) is 7.39. The van der Waals surface area contributed by atoms with E-state index in [1.807, 2.05) is 19.1 Å². The molecule has 1 aromatic heterocycles. The van der Waals surface area contributed by atoms with Crippen molar-refractivity contribution < 1.29 is 4.79 Å². The lowest BCUT2D eigenvalue weighted by Gasteiger charge is -2.35. The van der Waals surface area contributed by atoms with Gasteiger partial charge in [-0.25, -0.2) is 0 Å². The molecule has 1 aliphatic heterocycles. The summed E-state index contributed by atoms with van der Waals surface area (Å²) in [5, 5.41) is 5.69. The van der Waals surface area contributed by atoms with E-state index < -0.39 is 5.54 Å². The molecule has 1 aliphatic rings. The van der Waals surface area contributed by atoms with Crippen molar-refractivity contribution in [3.63, 3.8) is 0 Å². The normalized spacial score (nSPS) is 19.4. The minimum Gasteiger partial charge on any atom is -0.357 e. The standard InChI is InChI=1S/C23H25N3O/c1-23(13-5-17-26(23)20-11-14-24-15-12-20)22(27)25-16-10-19-8-4-7-18-6-2-3-9-21(18)19/h2-4,6-9,11-12,14-15H,5,10,13,16-17H2,1H3,(H,25,27)/t23-/m0/s1. The summed E-state index contributed by atoms with van der Waals surface area (Å²) in [6.45, 7) is 3.59. The Morgan fingerprint density at radius 1 is 1.11 bits per heavy atom. The van der Waals surface area contributed by atoms with Gasteiger partial charge in [-0.15, -0.1) is 0 Å².